The van der Waals surface area contributed by atoms with Crippen LogP contribution in [0.1, 0.15) is 37.9 Å². The van der Waals surface area contributed by atoms with Crippen LogP contribution in [0.25, 0.3) is 0 Å². The van der Waals surface area contributed by atoms with E-state index in [1.54, 1.807) is 0 Å². The van der Waals surface area contributed by atoms with E-state index in [0.29, 0.717) is 0 Å². The summed E-state index contributed by atoms with van der Waals surface area (Å²) in [5.74, 6) is 0. The maximum atomic E-state index is 4.66. The average molecular weight is 258 g/mol. The molecule has 0 aromatic carbocycles. The van der Waals surface area contributed by atoms with Crippen LogP contribution in [0.4, 0.5) is 0 Å². The van der Waals surface area contributed by atoms with Crippen molar-refractivity contribution in [2.24, 2.45) is 0 Å². The highest BCUT2D eigenvalue weighted by Gasteiger charge is 2.09. The maximum Gasteiger partial charge on any atom is 0.0831 e. The molecule has 0 fully saturated rings. The van der Waals surface area contributed by atoms with Crippen molar-refractivity contribution in [1.82, 2.24) is 20.1 Å². The molecule has 4 nitrogen and oxygen atoms in total. The summed E-state index contributed by atoms with van der Waals surface area (Å²) < 4.78 is 1.92. The van der Waals surface area contributed by atoms with Gasteiger partial charge in [0.15, 0.2) is 0 Å². The summed E-state index contributed by atoms with van der Waals surface area (Å²) in [5, 5.41) is 7.83. The number of hydrogen-bond donors (Lipinski definition) is 1. The van der Waals surface area contributed by atoms with Gasteiger partial charge in [0.25, 0.3) is 0 Å². The van der Waals surface area contributed by atoms with Crippen LogP contribution < -0.4 is 5.32 Å². The highest BCUT2D eigenvalue weighted by Crippen LogP contribution is 2.05. The summed E-state index contributed by atoms with van der Waals surface area (Å²) in [5.41, 5.74) is 3.25. The van der Waals surface area contributed by atoms with E-state index in [1.165, 1.54) is 0 Å². The van der Waals surface area contributed by atoms with Gasteiger partial charge in [0, 0.05) is 18.3 Å². The molecule has 4 heteroatoms. The number of aryl methyl sites for hydroxylation is 1. The Kier molecular flexibility index (Phi) is 4.00. The highest BCUT2D eigenvalue weighted by molar-refractivity contribution is 5.12. The number of hydrogen-bond acceptors (Lipinski definition) is 3. The quantitative estimate of drug-likeness (QED) is 0.916. The Labute approximate surface area is 114 Å². The molecule has 0 aliphatic heterocycles. The molecule has 0 radical (unpaired) electrons. The first-order valence-electron chi connectivity index (χ1n) is 6.62. The lowest BCUT2D eigenvalue weighted by Crippen LogP contribution is -2.35. The Morgan fingerprint density at radius 2 is 1.89 bits per heavy atom. The van der Waals surface area contributed by atoms with Crippen LogP contribution in [0.5, 0.6) is 0 Å². The van der Waals surface area contributed by atoms with Gasteiger partial charge < -0.3 is 5.32 Å². The van der Waals surface area contributed by atoms with Gasteiger partial charge in [-0.2, -0.15) is 5.10 Å². The van der Waals surface area contributed by atoms with Crippen LogP contribution in [0, 0.1) is 6.92 Å². The molecule has 0 saturated carbocycles. The third-order valence-corrected chi connectivity index (χ3v) is 2.76. The fourth-order valence-electron chi connectivity index (χ4n) is 1.79. The van der Waals surface area contributed by atoms with Crippen molar-refractivity contribution in [2.75, 3.05) is 0 Å². The Hall–Kier alpha value is -1.68. The predicted molar refractivity (Wildman–Crippen MR) is 76.9 cm³/mol. The number of aromatic nitrogens is 3. The molecular formula is C15H22N4. The van der Waals surface area contributed by atoms with Gasteiger partial charge in [0.1, 0.15) is 0 Å². The molecule has 2 aromatic rings. The first-order chi connectivity index (χ1) is 8.92. The first kappa shape index (κ1) is 13.7. The lowest BCUT2D eigenvalue weighted by atomic mass is 10.1. The van der Waals surface area contributed by atoms with Crippen LogP contribution >= 0.6 is 0 Å². The van der Waals surface area contributed by atoms with E-state index < -0.39 is 0 Å². The molecule has 0 unspecified atom stereocenters. The van der Waals surface area contributed by atoms with Crippen molar-refractivity contribution < 1.29 is 0 Å². The van der Waals surface area contributed by atoms with Crippen LogP contribution in [0.2, 0.25) is 0 Å². The minimum Gasteiger partial charge on any atom is -0.306 e. The molecule has 2 heterocycles. The summed E-state index contributed by atoms with van der Waals surface area (Å²) in [4.78, 5) is 4.66. The zero-order valence-corrected chi connectivity index (χ0v) is 12.1. The van der Waals surface area contributed by atoms with Crippen LogP contribution in [0.3, 0.4) is 0 Å². The van der Waals surface area contributed by atoms with E-state index in [4.69, 9.17) is 0 Å². The van der Waals surface area contributed by atoms with Crippen molar-refractivity contribution in [3.05, 3.63) is 47.5 Å². The van der Waals surface area contributed by atoms with Gasteiger partial charge in [-0.3, -0.25) is 9.67 Å². The first-order valence-corrected chi connectivity index (χ1v) is 6.62. The molecule has 2 aromatic heterocycles. The Morgan fingerprint density at radius 3 is 2.53 bits per heavy atom. The fraction of sp³-hybridized carbons (Fsp3) is 0.467. The molecule has 0 spiro atoms. The van der Waals surface area contributed by atoms with Gasteiger partial charge in [-0.15, -0.1) is 0 Å². The van der Waals surface area contributed by atoms with Crippen molar-refractivity contribution in [3.8, 4) is 0 Å². The Bertz CT molecular complexity index is 537. The van der Waals surface area contributed by atoms with E-state index in [0.717, 1.165) is 30.2 Å². The molecule has 0 aliphatic carbocycles. The predicted octanol–water partition coefficient (Wildman–Crippen LogP) is 2.52. The van der Waals surface area contributed by atoms with Crippen LogP contribution in [-0.2, 0) is 13.1 Å². The van der Waals surface area contributed by atoms with E-state index in [9.17, 15) is 0 Å². The maximum absolute atomic E-state index is 4.66. The summed E-state index contributed by atoms with van der Waals surface area (Å²) >= 11 is 0. The number of rotatable bonds is 4. The van der Waals surface area contributed by atoms with Gasteiger partial charge in [-0.05, 0) is 45.9 Å². The second kappa shape index (κ2) is 5.53. The molecular weight excluding hydrogens is 236 g/mol. The highest BCUT2D eigenvalue weighted by atomic mass is 15.3. The topological polar surface area (TPSA) is 42.7 Å². The molecule has 2 rings (SSSR count). The second-order valence-electron chi connectivity index (χ2n) is 5.88. The van der Waals surface area contributed by atoms with Crippen LogP contribution in [-0.4, -0.2) is 20.3 Å². The Morgan fingerprint density at radius 1 is 1.16 bits per heavy atom. The van der Waals surface area contributed by atoms with Gasteiger partial charge in [-0.1, -0.05) is 6.07 Å². The van der Waals surface area contributed by atoms with E-state index in [-0.39, 0.29) is 5.54 Å². The number of pyridine rings is 1. The van der Waals surface area contributed by atoms with E-state index in [2.05, 4.69) is 48.3 Å². The summed E-state index contributed by atoms with van der Waals surface area (Å²) in [6, 6.07) is 8.15. The van der Waals surface area contributed by atoms with Gasteiger partial charge >= 0.3 is 0 Å². The molecule has 0 atom stereocenters. The summed E-state index contributed by atoms with van der Waals surface area (Å²) in [6.45, 7) is 9.97. The lowest BCUT2D eigenvalue weighted by Gasteiger charge is -2.20. The third-order valence-electron chi connectivity index (χ3n) is 2.76. The molecule has 0 saturated heterocycles. The minimum atomic E-state index is 0.108. The van der Waals surface area contributed by atoms with Gasteiger partial charge in [-0.25, -0.2) is 0 Å². The van der Waals surface area contributed by atoms with Crippen molar-refractivity contribution >= 4 is 0 Å². The second-order valence-corrected chi connectivity index (χ2v) is 5.88. The number of nitrogens with zero attached hydrogens (tertiary/aromatic N) is 3. The molecule has 19 heavy (non-hydrogen) atoms. The zero-order valence-electron chi connectivity index (χ0n) is 12.1. The molecule has 102 valence electrons. The molecule has 1 N–H and O–H groups in total. The fourth-order valence-corrected chi connectivity index (χ4v) is 1.79. The smallest absolute Gasteiger partial charge is 0.0831 e. The third kappa shape index (κ3) is 4.48. The zero-order chi connectivity index (χ0) is 13.9. The molecule has 0 aliphatic rings. The van der Waals surface area contributed by atoms with E-state index >= 15 is 0 Å². The number of nitrogens with one attached hydrogen (secondary N) is 1. The minimum absolute atomic E-state index is 0.108. The Balaban J connectivity index is 2.02. The lowest BCUT2D eigenvalue weighted by molar-refractivity contribution is 0.421. The van der Waals surface area contributed by atoms with Crippen LogP contribution in [0.15, 0.2) is 30.5 Å². The standard InChI is InChI=1S/C15H22N4/c1-12-8-9-19(18-12)11-14-7-5-6-13(17-14)10-16-15(2,3)4/h5-9,16H,10-11H2,1-4H3. The van der Waals surface area contributed by atoms with E-state index in [1.807, 2.05) is 29.9 Å². The van der Waals surface area contributed by atoms with Crippen molar-refractivity contribution in [1.29, 1.82) is 0 Å². The molecule has 0 amide bonds. The largest absolute Gasteiger partial charge is 0.306 e. The van der Waals surface area contributed by atoms with Crippen molar-refractivity contribution in [3.63, 3.8) is 0 Å². The molecule has 0 bridgehead atoms. The summed E-state index contributed by atoms with van der Waals surface area (Å²) in [6.07, 6.45) is 1.98. The average Bonchev–Trinajstić information content (AvgIpc) is 2.72. The normalized spacial score (nSPS) is 11.8. The monoisotopic (exact) mass is 258 g/mol. The van der Waals surface area contributed by atoms with Gasteiger partial charge in [0.05, 0.1) is 23.6 Å². The van der Waals surface area contributed by atoms with Gasteiger partial charge in [0.2, 0.25) is 0 Å². The summed E-state index contributed by atoms with van der Waals surface area (Å²) in [7, 11) is 0. The van der Waals surface area contributed by atoms with Crippen molar-refractivity contribution in [2.45, 2.75) is 46.3 Å². The SMILES string of the molecule is Cc1ccn(Cc2cccc(CNC(C)(C)C)n2)n1.